The molecule has 2 aromatic rings. The minimum absolute atomic E-state index is 0.204. The lowest BCUT2D eigenvalue weighted by molar-refractivity contribution is 0.210. The Hall–Kier alpha value is -1.68. The third-order valence-corrected chi connectivity index (χ3v) is 10.4. The fourth-order valence-electron chi connectivity index (χ4n) is 3.10. The normalized spacial score (nSPS) is 20.9. The van der Waals surface area contributed by atoms with E-state index in [1.54, 1.807) is 0 Å². The van der Waals surface area contributed by atoms with Crippen molar-refractivity contribution >= 4 is 13.9 Å². The van der Waals surface area contributed by atoms with Crippen LogP contribution in [0.15, 0.2) is 66.7 Å². The van der Waals surface area contributed by atoms with E-state index in [-0.39, 0.29) is 10.6 Å². The van der Waals surface area contributed by atoms with Crippen LogP contribution in [0.1, 0.15) is 31.9 Å². The van der Waals surface area contributed by atoms with Gasteiger partial charge in [-0.2, -0.15) is 0 Å². The minimum atomic E-state index is -1.82. The maximum atomic E-state index is 6.65. The predicted octanol–water partition coefficient (Wildman–Crippen LogP) is 5.59. The summed E-state index contributed by atoms with van der Waals surface area (Å²) in [5, 5.41) is 3.97. The smallest absolute Gasteiger partial charge is 0.192 e. The van der Waals surface area contributed by atoms with Gasteiger partial charge in [-0.15, -0.1) is 0 Å². The number of nitrogens with one attached hydrogen (secondary N) is 1. The fraction of sp³-hybridized carbons (Fsp3) is 0.391. The number of hydrogen-bond donors (Lipinski definition) is 1. The molecule has 1 aliphatic rings. The molecule has 0 aromatic heterocycles. The molecule has 26 heavy (non-hydrogen) atoms. The SMILES string of the molecule is CC(C)(C)[Si](C)(C)OC[C@@]1(c2ccccc2)C=C(c2ccccc2)CN1. The van der Waals surface area contributed by atoms with Crippen molar-refractivity contribution in [3.05, 3.63) is 77.9 Å². The van der Waals surface area contributed by atoms with Gasteiger partial charge in [0.1, 0.15) is 0 Å². The zero-order chi connectivity index (χ0) is 18.8. The summed E-state index contributed by atoms with van der Waals surface area (Å²) in [4.78, 5) is 0. The van der Waals surface area contributed by atoms with E-state index in [2.05, 4.69) is 106 Å². The summed E-state index contributed by atoms with van der Waals surface area (Å²) in [5.41, 5.74) is 3.63. The van der Waals surface area contributed by atoms with Crippen LogP contribution >= 0.6 is 0 Å². The number of benzene rings is 2. The second-order valence-corrected chi connectivity index (χ2v) is 13.6. The van der Waals surface area contributed by atoms with E-state index >= 15 is 0 Å². The Bertz CT molecular complexity index is 762. The van der Waals surface area contributed by atoms with Gasteiger partial charge < -0.3 is 4.43 Å². The van der Waals surface area contributed by atoms with E-state index in [4.69, 9.17) is 4.43 Å². The summed E-state index contributed by atoms with van der Waals surface area (Å²) in [5.74, 6) is 0. The summed E-state index contributed by atoms with van der Waals surface area (Å²) in [6.07, 6.45) is 2.38. The molecule has 0 saturated carbocycles. The van der Waals surface area contributed by atoms with Crippen molar-refractivity contribution in [2.45, 2.75) is 44.4 Å². The quantitative estimate of drug-likeness (QED) is 0.697. The molecule has 0 amide bonds. The summed E-state index contributed by atoms with van der Waals surface area (Å²) in [7, 11) is -1.82. The molecule has 0 aliphatic carbocycles. The van der Waals surface area contributed by atoms with Crippen molar-refractivity contribution in [3.8, 4) is 0 Å². The lowest BCUT2D eigenvalue weighted by Gasteiger charge is -2.40. The second kappa shape index (κ2) is 7.14. The van der Waals surface area contributed by atoms with Crippen LogP contribution in [0.5, 0.6) is 0 Å². The minimum Gasteiger partial charge on any atom is -0.414 e. The highest BCUT2D eigenvalue weighted by Crippen LogP contribution is 2.39. The summed E-state index contributed by atoms with van der Waals surface area (Å²) < 4.78 is 6.65. The predicted molar refractivity (Wildman–Crippen MR) is 114 cm³/mol. The fourth-order valence-corrected chi connectivity index (χ4v) is 4.12. The molecule has 0 fully saturated rings. The van der Waals surface area contributed by atoms with E-state index in [9.17, 15) is 0 Å². The van der Waals surface area contributed by atoms with Crippen LogP contribution in [-0.2, 0) is 9.96 Å². The van der Waals surface area contributed by atoms with E-state index in [1.165, 1.54) is 16.7 Å². The molecule has 0 saturated heterocycles. The Morgan fingerprint density at radius 1 is 0.962 bits per heavy atom. The standard InChI is InChI=1S/C23H31NOSi/c1-22(2,3)26(4,5)25-18-23(21-14-10-7-11-15-21)16-20(17-24-23)19-12-8-6-9-13-19/h6-16,24H,17-18H2,1-5H3/t23-/m1/s1. The number of hydrogen-bond acceptors (Lipinski definition) is 2. The molecule has 3 heteroatoms. The highest BCUT2D eigenvalue weighted by molar-refractivity contribution is 6.74. The van der Waals surface area contributed by atoms with Gasteiger partial charge in [0, 0.05) is 6.54 Å². The molecule has 0 bridgehead atoms. The average Bonchev–Trinajstić information content (AvgIpc) is 3.07. The van der Waals surface area contributed by atoms with Crippen LogP contribution in [0.2, 0.25) is 18.1 Å². The second-order valence-electron chi connectivity index (χ2n) is 8.78. The third-order valence-electron chi connectivity index (χ3n) is 5.92. The first-order chi connectivity index (χ1) is 12.2. The van der Waals surface area contributed by atoms with E-state index in [0.717, 1.165) is 6.54 Å². The molecule has 2 aromatic carbocycles. The van der Waals surface area contributed by atoms with Crippen LogP contribution in [0.4, 0.5) is 0 Å². The van der Waals surface area contributed by atoms with Gasteiger partial charge in [0.15, 0.2) is 8.32 Å². The molecular formula is C23H31NOSi. The monoisotopic (exact) mass is 365 g/mol. The summed E-state index contributed by atoms with van der Waals surface area (Å²) in [6.45, 7) is 13.1. The Morgan fingerprint density at radius 2 is 1.54 bits per heavy atom. The van der Waals surface area contributed by atoms with Gasteiger partial charge in [-0.3, -0.25) is 5.32 Å². The van der Waals surface area contributed by atoms with Gasteiger partial charge in [-0.1, -0.05) is 87.5 Å². The maximum absolute atomic E-state index is 6.65. The molecule has 1 heterocycles. The van der Waals surface area contributed by atoms with Crippen LogP contribution in [0.3, 0.4) is 0 Å². The maximum Gasteiger partial charge on any atom is 0.192 e. The molecule has 0 spiro atoms. The van der Waals surface area contributed by atoms with Gasteiger partial charge in [0.2, 0.25) is 0 Å². The van der Waals surface area contributed by atoms with Gasteiger partial charge in [-0.25, -0.2) is 0 Å². The molecule has 0 unspecified atom stereocenters. The Kier molecular flexibility index (Phi) is 5.25. The Balaban J connectivity index is 1.94. The van der Waals surface area contributed by atoms with Gasteiger partial charge in [0.05, 0.1) is 12.1 Å². The molecule has 3 rings (SSSR count). The summed E-state index contributed by atoms with van der Waals surface area (Å²) in [6, 6.07) is 21.3. The number of rotatable bonds is 5. The first-order valence-electron chi connectivity index (χ1n) is 9.45. The first-order valence-corrected chi connectivity index (χ1v) is 12.4. The van der Waals surface area contributed by atoms with Gasteiger partial charge in [-0.05, 0) is 34.8 Å². The lowest BCUT2D eigenvalue weighted by Crippen LogP contribution is -2.48. The van der Waals surface area contributed by atoms with Crippen molar-refractivity contribution in [2.75, 3.05) is 13.2 Å². The zero-order valence-corrected chi connectivity index (χ0v) is 17.7. The Labute approximate surface area is 159 Å². The van der Waals surface area contributed by atoms with Crippen LogP contribution in [0.25, 0.3) is 5.57 Å². The van der Waals surface area contributed by atoms with Crippen LogP contribution < -0.4 is 5.32 Å². The molecule has 0 radical (unpaired) electrons. The lowest BCUT2D eigenvalue weighted by atomic mass is 9.90. The van der Waals surface area contributed by atoms with Crippen molar-refractivity contribution in [1.82, 2.24) is 5.32 Å². The molecule has 1 aliphatic heterocycles. The highest BCUT2D eigenvalue weighted by Gasteiger charge is 2.42. The van der Waals surface area contributed by atoms with Crippen molar-refractivity contribution in [2.24, 2.45) is 0 Å². The van der Waals surface area contributed by atoms with Crippen LogP contribution in [-0.4, -0.2) is 21.5 Å². The van der Waals surface area contributed by atoms with Crippen molar-refractivity contribution in [3.63, 3.8) is 0 Å². The largest absolute Gasteiger partial charge is 0.414 e. The zero-order valence-electron chi connectivity index (χ0n) is 16.7. The van der Waals surface area contributed by atoms with Crippen molar-refractivity contribution < 1.29 is 4.43 Å². The van der Waals surface area contributed by atoms with E-state index < -0.39 is 8.32 Å². The molecule has 138 valence electrons. The molecular weight excluding hydrogens is 334 g/mol. The van der Waals surface area contributed by atoms with Gasteiger partial charge in [0.25, 0.3) is 0 Å². The van der Waals surface area contributed by atoms with Crippen LogP contribution in [0, 0.1) is 0 Å². The average molecular weight is 366 g/mol. The topological polar surface area (TPSA) is 21.3 Å². The summed E-state index contributed by atoms with van der Waals surface area (Å²) >= 11 is 0. The molecule has 1 N–H and O–H groups in total. The van der Waals surface area contributed by atoms with E-state index in [1.807, 2.05) is 0 Å². The Morgan fingerprint density at radius 3 is 2.12 bits per heavy atom. The van der Waals surface area contributed by atoms with Gasteiger partial charge >= 0.3 is 0 Å². The van der Waals surface area contributed by atoms with Crippen molar-refractivity contribution in [1.29, 1.82) is 0 Å². The molecule has 1 atom stereocenters. The molecule has 2 nitrogen and oxygen atoms in total. The first kappa shape index (κ1) is 19.1. The van der Waals surface area contributed by atoms with E-state index in [0.29, 0.717) is 6.61 Å². The highest BCUT2D eigenvalue weighted by atomic mass is 28.4. The third kappa shape index (κ3) is 3.85.